The average Bonchev–Trinajstić information content (AvgIpc) is 3.97. The maximum absolute atomic E-state index is 14.3. The van der Waals surface area contributed by atoms with E-state index in [0.717, 1.165) is 36.4 Å². The van der Waals surface area contributed by atoms with Gasteiger partial charge in [0.15, 0.2) is 0 Å². The number of benzene rings is 1. The predicted octanol–water partition coefficient (Wildman–Crippen LogP) is 4.75. The number of amides is 4. The second-order valence-corrected chi connectivity index (χ2v) is 16.7. The molecule has 2 saturated heterocycles. The number of nitrogens with one attached hydrogen (secondary N) is 3. The molecule has 4 amide bonds. The zero-order valence-corrected chi connectivity index (χ0v) is 34.6. The van der Waals surface area contributed by atoms with E-state index in [1.807, 2.05) is 68.3 Å². The lowest BCUT2D eigenvalue weighted by molar-refractivity contribution is -0.148. The van der Waals surface area contributed by atoms with Crippen LogP contribution in [0.25, 0.3) is 0 Å². The molecule has 0 saturated carbocycles. The van der Waals surface area contributed by atoms with Crippen molar-refractivity contribution >= 4 is 35.0 Å². The summed E-state index contributed by atoms with van der Waals surface area (Å²) in [4.78, 5) is 63.8. The van der Waals surface area contributed by atoms with E-state index in [-0.39, 0.29) is 54.0 Å². The summed E-state index contributed by atoms with van der Waals surface area (Å²) in [6.45, 7) is 13.0. The topological polar surface area (TPSA) is 142 Å². The lowest BCUT2D eigenvalue weighted by Gasteiger charge is -2.41. The van der Waals surface area contributed by atoms with Gasteiger partial charge in [0.05, 0.1) is 48.2 Å². The van der Waals surface area contributed by atoms with Crippen LogP contribution in [0.2, 0.25) is 0 Å². The van der Waals surface area contributed by atoms with Crippen molar-refractivity contribution in [1.29, 1.82) is 0 Å². The Morgan fingerprint density at radius 1 is 1.07 bits per heavy atom. The van der Waals surface area contributed by atoms with Crippen molar-refractivity contribution in [2.45, 2.75) is 128 Å². The second kappa shape index (κ2) is 20.0. The molecule has 3 heterocycles. The number of thiazole rings is 1. The number of ether oxygens (including phenoxy) is 2. The third kappa shape index (κ3) is 10.5. The number of nitrogens with zero attached hydrogens (tertiary/aromatic N) is 3. The first kappa shape index (κ1) is 43.3. The molecular weight excluding hydrogens is 705 g/mol. The molecule has 12 nitrogen and oxygen atoms in total. The van der Waals surface area contributed by atoms with Gasteiger partial charge >= 0.3 is 0 Å². The van der Waals surface area contributed by atoms with Gasteiger partial charge in [0.2, 0.25) is 23.6 Å². The highest BCUT2D eigenvalue weighted by atomic mass is 32.1. The highest BCUT2D eigenvalue weighted by molar-refractivity contribution is 7.09. The molecule has 1 aromatic heterocycles. The first-order valence-electron chi connectivity index (χ1n) is 19.7. The third-order valence-corrected chi connectivity index (χ3v) is 12.6. The molecular formula is C41H64N6O6S. The van der Waals surface area contributed by atoms with Crippen molar-refractivity contribution in [3.8, 4) is 0 Å². The van der Waals surface area contributed by atoms with Crippen molar-refractivity contribution in [3.05, 3.63) is 52.5 Å². The second-order valence-electron chi connectivity index (χ2n) is 15.8. The van der Waals surface area contributed by atoms with Crippen LogP contribution in [-0.4, -0.2) is 109 Å². The first-order chi connectivity index (χ1) is 25.8. The van der Waals surface area contributed by atoms with Crippen LogP contribution in [-0.2, 0) is 35.1 Å². The number of carbonyl (C=O) groups is 4. The Balaban J connectivity index is 1.47. The molecule has 2 aromatic rings. The van der Waals surface area contributed by atoms with Crippen molar-refractivity contribution in [2.24, 2.45) is 17.8 Å². The van der Waals surface area contributed by atoms with Gasteiger partial charge in [0.1, 0.15) is 11.0 Å². The molecule has 0 bridgehead atoms. The van der Waals surface area contributed by atoms with Crippen LogP contribution < -0.4 is 16.0 Å². The molecule has 300 valence electrons. The van der Waals surface area contributed by atoms with Gasteiger partial charge in [0.25, 0.3) is 0 Å². The standard InChI is InChI=1S/C41H64N6O6S/c1-10-27(4)35(46(7)39(50)34(26(2)3)45-40(51)41(6)19-15-20-43-41)32(52-8)25-33(48)47-22-14-18-31(47)36(53-9)28(5)37(49)44-30(38-42-21-23-54-38)24-29-16-12-11-13-17-29/h11-13,16-17,21,23,26-28,30-32,34-36,43H,10,14-15,18-20,22,24-25H2,1-9H3,(H,44,49)(H,45,51)/t27?,28?,30?,31-,32?,34?,35?,36?,41+/m0/s1. The zero-order chi connectivity index (χ0) is 39.6. The number of aromatic nitrogens is 1. The van der Waals surface area contributed by atoms with Crippen LogP contribution in [0.4, 0.5) is 0 Å². The van der Waals surface area contributed by atoms with Crippen LogP contribution in [0.3, 0.4) is 0 Å². The Morgan fingerprint density at radius 3 is 2.37 bits per heavy atom. The van der Waals surface area contributed by atoms with Gasteiger partial charge in [0, 0.05) is 39.4 Å². The Hall–Kier alpha value is -3.39. The predicted molar refractivity (Wildman–Crippen MR) is 212 cm³/mol. The summed E-state index contributed by atoms with van der Waals surface area (Å²) in [5.41, 5.74) is 0.386. The summed E-state index contributed by atoms with van der Waals surface area (Å²) < 4.78 is 12.1. The molecule has 54 heavy (non-hydrogen) atoms. The van der Waals surface area contributed by atoms with Crippen molar-refractivity contribution in [3.63, 3.8) is 0 Å². The third-order valence-electron chi connectivity index (χ3n) is 11.7. The molecule has 4 rings (SSSR count). The normalized spacial score (nSPS) is 22.6. The molecule has 1 aromatic carbocycles. The van der Waals surface area contributed by atoms with Crippen molar-refractivity contribution < 1.29 is 28.7 Å². The van der Waals surface area contributed by atoms with Crippen LogP contribution in [0.1, 0.15) is 96.7 Å². The van der Waals surface area contributed by atoms with E-state index < -0.39 is 35.7 Å². The SMILES string of the molecule is CCC(C)C(C(CC(=O)N1CCC[C@H]1C(OC)C(C)C(=O)NC(Cc1ccccc1)c1nccs1)OC)N(C)C(=O)C(NC(=O)[C@@]1(C)CCCN1)C(C)C. The summed E-state index contributed by atoms with van der Waals surface area (Å²) in [6.07, 6.45) is 5.14. The van der Waals surface area contributed by atoms with Crippen LogP contribution in [0.5, 0.6) is 0 Å². The number of rotatable bonds is 19. The summed E-state index contributed by atoms with van der Waals surface area (Å²) in [6, 6.07) is 8.26. The monoisotopic (exact) mass is 768 g/mol. The Bertz CT molecular complexity index is 1500. The minimum absolute atomic E-state index is 0.000661. The van der Waals surface area contributed by atoms with E-state index in [1.165, 1.54) is 11.3 Å². The van der Waals surface area contributed by atoms with E-state index >= 15 is 0 Å². The molecule has 9 atom stereocenters. The number of hydrogen-bond acceptors (Lipinski definition) is 9. The van der Waals surface area contributed by atoms with E-state index in [4.69, 9.17) is 9.47 Å². The highest BCUT2D eigenvalue weighted by Crippen LogP contribution is 2.31. The van der Waals surface area contributed by atoms with Gasteiger partial charge in [-0.05, 0) is 63.0 Å². The van der Waals surface area contributed by atoms with Crippen LogP contribution in [0, 0.1) is 17.8 Å². The first-order valence-corrected chi connectivity index (χ1v) is 20.6. The fraction of sp³-hybridized carbons (Fsp3) is 0.683. The fourth-order valence-corrected chi connectivity index (χ4v) is 8.88. The number of hydrogen-bond donors (Lipinski definition) is 3. The maximum Gasteiger partial charge on any atom is 0.245 e. The quantitative estimate of drug-likeness (QED) is 0.186. The largest absolute Gasteiger partial charge is 0.379 e. The van der Waals surface area contributed by atoms with Crippen molar-refractivity contribution in [2.75, 3.05) is 34.4 Å². The van der Waals surface area contributed by atoms with Gasteiger partial charge in [-0.15, -0.1) is 11.3 Å². The van der Waals surface area contributed by atoms with Crippen LogP contribution >= 0.6 is 11.3 Å². The molecule has 13 heteroatoms. The van der Waals surface area contributed by atoms with Crippen LogP contribution in [0.15, 0.2) is 41.9 Å². The Kier molecular flexibility index (Phi) is 16.0. The average molecular weight is 769 g/mol. The van der Waals surface area contributed by atoms with Gasteiger partial charge in [-0.3, -0.25) is 19.2 Å². The van der Waals surface area contributed by atoms with Gasteiger partial charge < -0.3 is 35.2 Å². The summed E-state index contributed by atoms with van der Waals surface area (Å²) in [5, 5.41) is 12.3. The Labute approximate surface area is 326 Å². The molecule has 2 fully saturated rings. The molecule has 0 spiro atoms. The lowest BCUT2D eigenvalue weighted by atomic mass is 9.89. The van der Waals surface area contributed by atoms with E-state index in [2.05, 4.69) is 34.8 Å². The lowest BCUT2D eigenvalue weighted by Crippen LogP contribution is -2.61. The zero-order valence-electron chi connectivity index (χ0n) is 33.8. The number of likely N-dealkylation sites (tertiary alicyclic amines) is 1. The van der Waals surface area contributed by atoms with Gasteiger partial charge in [-0.25, -0.2) is 4.98 Å². The minimum atomic E-state index is -0.734. The summed E-state index contributed by atoms with van der Waals surface area (Å²) in [7, 11) is 4.94. The fourth-order valence-electron chi connectivity index (χ4n) is 8.19. The van der Waals surface area contributed by atoms with Crippen molar-refractivity contribution in [1.82, 2.24) is 30.7 Å². The maximum atomic E-state index is 14.3. The highest BCUT2D eigenvalue weighted by Gasteiger charge is 2.44. The molecule has 7 unspecified atom stereocenters. The molecule has 2 aliphatic rings. The molecule has 0 aliphatic carbocycles. The molecule has 3 N–H and O–H groups in total. The molecule has 2 aliphatic heterocycles. The number of methoxy groups -OCH3 is 2. The van der Waals surface area contributed by atoms with Gasteiger partial charge in [-0.1, -0.05) is 71.4 Å². The van der Waals surface area contributed by atoms with Gasteiger partial charge in [-0.2, -0.15) is 0 Å². The Morgan fingerprint density at radius 2 is 1.80 bits per heavy atom. The van der Waals surface area contributed by atoms with E-state index in [0.29, 0.717) is 25.8 Å². The summed E-state index contributed by atoms with van der Waals surface area (Å²) >= 11 is 1.51. The number of carbonyl (C=O) groups excluding carboxylic acids is 4. The molecule has 0 radical (unpaired) electrons. The van der Waals surface area contributed by atoms with E-state index in [1.54, 1.807) is 32.4 Å². The number of likely N-dealkylation sites (N-methyl/N-ethyl adjacent to an activating group) is 1. The smallest absolute Gasteiger partial charge is 0.245 e. The van der Waals surface area contributed by atoms with E-state index in [9.17, 15) is 19.2 Å². The summed E-state index contributed by atoms with van der Waals surface area (Å²) in [5.74, 6) is -1.35. The minimum Gasteiger partial charge on any atom is -0.379 e.